The molecule has 0 aromatic heterocycles. The molecule has 3 N–H and O–H groups in total. The Hall–Kier alpha value is -1.75. The Morgan fingerprint density at radius 2 is 2.29 bits per heavy atom. The number of amides is 1. The fraction of sp³-hybridized carbons (Fsp3) is 0.417. The van der Waals surface area contributed by atoms with Crippen molar-refractivity contribution in [1.29, 1.82) is 0 Å². The maximum atomic E-state index is 11.7. The zero-order valence-electron chi connectivity index (χ0n) is 9.85. The summed E-state index contributed by atoms with van der Waals surface area (Å²) in [5, 5.41) is 2.82. The number of rotatable bonds is 3. The summed E-state index contributed by atoms with van der Waals surface area (Å²) >= 11 is 0. The van der Waals surface area contributed by atoms with Gasteiger partial charge in [0.15, 0.2) is 0 Å². The number of ether oxygens (including phenoxy) is 1. The lowest BCUT2D eigenvalue weighted by Gasteiger charge is -2.36. The van der Waals surface area contributed by atoms with Crippen molar-refractivity contribution < 1.29 is 9.53 Å². The molecule has 1 heterocycles. The molecule has 17 heavy (non-hydrogen) atoms. The number of nitrogens with two attached hydrogens (primary N) is 1. The predicted octanol–water partition coefficient (Wildman–Crippen LogP) is -0.0413. The highest BCUT2D eigenvalue weighted by Crippen LogP contribution is 2.29. The second-order valence-corrected chi connectivity index (χ2v) is 3.91. The minimum Gasteiger partial charge on any atom is -0.495 e. The van der Waals surface area contributed by atoms with Gasteiger partial charge < -0.3 is 20.7 Å². The van der Waals surface area contributed by atoms with Crippen LogP contribution in [0, 0.1) is 0 Å². The lowest BCUT2D eigenvalue weighted by molar-refractivity contribution is -0.123. The van der Waals surface area contributed by atoms with Crippen LogP contribution in [0.3, 0.4) is 0 Å². The van der Waals surface area contributed by atoms with Crippen molar-refractivity contribution in [3.8, 4) is 5.75 Å². The SMILES string of the molecule is COc1ccccc1N1CCNC(=O)C1CN. The molecule has 1 amide bonds. The zero-order chi connectivity index (χ0) is 12.3. The number of anilines is 1. The first-order valence-electron chi connectivity index (χ1n) is 5.65. The van der Waals surface area contributed by atoms with Gasteiger partial charge in [-0.3, -0.25) is 4.79 Å². The number of para-hydroxylation sites is 2. The van der Waals surface area contributed by atoms with Crippen LogP contribution in [0.2, 0.25) is 0 Å². The average Bonchev–Trinajstić information content (AvgIpc) is 2.38. The molecule has 0 aliphatic carbocycles. The Bertz CT molecular complexity index is 408. The molecule has 92 valence electrons. The summed E-state index contributed by atoms with van der Waals surface area (Å²) < 4.78 is 5.31. The minimum absolute atomic E-state index is 0.0235. The summed E-state index contributed by atoms with van der Waals surface area (Å²) in [5.41, 5.74) is 6.59. The molecule has 1 atom stereocenters. The molecule has 0 radical (unpaired) electrons. The monoisotopic (exact) mass is 235 g/mol. The van der Waals surface area contributed by atoms with Crippen LogP contribution in [0.25, 0.3) is 0 Å². The van der Waals surface area contributed by atoms with Crippen LogP contribution in [0.5, 0.6) is 5.75 Å². The van der Waals surface area contributed by atoms with Crippen LogP contribution in [0.15, 0.2) is 24.3 Å². The molecule has 1 saturated heterocycles. The van der Waals surface area contributed by atoms with Gasteiger partial charge in [0.05, 0.1) is 12.8 Å². The van der Waals surface area contributed by atoms with Crippen molar-refractivity contribution in [2.24, 2.45) is 5.73 Å². The first-order valence-corrected chi connectivity index (χ1v) is 5.65. The van der Waals surface area contributed by atoms with Crippen LogP contribution >= 0.6 is 0 Å². The highest BCUT2D eigenvalue weighted by Gasteiger charge is 2.29. The van der Waals surface area contributed by atoms with Crippen LogP contribution in [-0.2, 0) is 4.79 Å². The highest BCUT2D eigenvalue weighted by molar-refractivity contribution is 5.87. The number of methoxy groups -OCH3 is 1. The fourth-order valence-corrected chi connectivity index (χ4v) is 2.10. The number of nitrogens with one attached hydrogen (secondary N) is 1. The van der Waals surface area contributed by atoms with Gasteiger partial charge in [0.1, 0.15) is 11.8 Å². The minimum atomic E-state index is -0.319. The summed E-state index contributed by atoms with van der Waals surface area (Å²) in [6, 6.07) is 7.34. The molecule has 1 unspecified atom stereocenters. The Morgan fingerprint density at radius 3 is 3.00 bits per heavy atom. The summed E-state index contributed by atoms with van der Waals surface area (Å²) in [6.07, 6.45) is 0. The van der Waals surface area contributed by atoms with Gasteiger partial charge in [0, 0.05) is 19.6 Å². The molecule has 5 heteroatoms. The van der Waals surface area contributed by atoms with Crippen molar-refractivity contribution >= 4 is 11.6 Å². The van der Waals surface area contributed by atoms with Crippen molar-refractivity contribution in [2.45, 2.75) is 6.04 Å². The lowest BCUT2D eigenvalue weighted by atomic mass is 10.1. The largest absolute Gasteiger partial charge is 0.495 e. The molecule has 5 nitrogen and oxygen atoms in total. The number of piperazine rings is 1. The van der Waals surface area contributed by atoms with Crippen molar-refractivity contribution in [2.75, 3.05) is 31.6 Å². The van der Waals surface area contributed by atoms with E-state index in [2.05, 4.69) is 5.32 Å². The molecule has 1 fully saturated rings. The Kier molecular flexibility index (Phi) is 3.49. The molecular weight excluding hydrogens is 218 g/mol. The number of carbonyl (C=O) groups excluding carboxylic acids is 1. The number of nitrogens with zero attached hydrogens (tertiary/aromatic N) is 1. The number of carbonyl (C=O) groups is 1. The second-order valence-electron chi connectivity index (χ2n) is 3.91. The standard InChI is InChI=1S/C12H17N3O2/c1-17-11-5-3-2-4-9(11)15-7-6-14-12(16)10(15)8-13/h2-5,10H,6-8,13H2,1H3,(H,14,16). The molecule has 0 saturated carbocycles. The van der Waals surface area contributed by atoms with Gasteiger partial charge >= 0.3 is 0 Å². The van der Waals surface area contributed by atoms with Gasteiger partial charge in [-0.15, -0.1) is 0 Å². The van der Waals surface area contributed by atoms with E-state index in [4.69, 9.17) is 10.5 Å². The Labute approximate surface area is 101 Å². The third-order valence-electron chi connectivity index (χ3n) is 2.95. The summed E-state index contributed by atoms with van der Waals surface area (Å²) in [7, 11) is 1.63. The van der Waals surface area contributed by atoms with E-state index >= 15 is 0 Å². The normalized spacial score (nSPS) is 20.0. The number of hydrogen-bond acceptors (Lipinski definition) is 4. The zero-order valence-corrected chi connectivity index (χ0v) is 9.85. The molecule has 0 spiro atoms. The molecule has 1 aromatic carbocycles. The van der Waals surface area contributed by atoms with Crippen LogP contribution < -0.4 is 20.7 Å². The van der Waals surface area contributed by atoms with E-state index < -0.39 is 0 Å². The smallest absolute Gasteiger partial charge is 0.244 e. The maximum Gasteiger partial charge on any atom is 0.244 e. The van der Waals surface area contributed by atoms with Gasteiger partial charge in [0.25, 0.3) is 0 Å². The van der Waals surface area contributed by atoms with E-state index in [-0.39, 0.29) is 11.9 Å². The van der Waals surface area contributed by atoms with E-state index in [9.17, 15) is 4.79 Å². The van der Waals surface area contributed by atoms with E-state index in [0.29, 0.717) is 13.1 Å². The highest BCUT2D eigenvalue weighted by atomic mass is 16.5. The third kappa shape index (κ3) is 2.19. The van der Waals surface area contributed by atoms with Gasteiger partial charge in [-0.2, -0.15) is 0 Å². The van der Waals surface area contributed by atoms with Crippen molar-refractivity contribution in [3.05, 3.63) is 24.3 Å². The van der Waals surface area contributed by atoms with Crippen LogP contribution in [0.1, 0.15) is 0 Å². The van der Waals surface area contributed by atoms with E-state index in [0.717, 1.165) is 18.0 Å². The maximum absolute atomic E-state index is 11.7. The number of benzene rings is 1. The summed E-state index contributed by atoms with van der Waals surface area (Å²) in [4.78, 5) is 13.7. The van der Waals surface area contributed by atoms with E-state index in [1.54, 1.807) is 7.11 Å². The van der Waals surface area contributed by atoms with E-state index in [1.807, 2.05) is 29.2 Å². The van der Waals surface area contributed by atoms with Crippen molar-refractivity contribution in [3.63, 3.8) is 0 Å². The van der Waals surface area contributed by atoms with Gasteiger partial charge in [-0.05, 0) is 12.1 Å². The topological polar surface area (TPSA) is 67.6 Å². The molecule has 1 aliphatic rings. The van der Waals surface area contributed by atoms with Crippen LogP contribution in [-0.4, -0.2) is 38.7 Å². The third-order valence-corrected chi connectivity index (χ3v) is 2.95. The molecule has 1 aliphatic heterocycles. The molecule has 2 rings (SSSR count). The fourth-order valence-electron chi connectivity index (χ4n) is 2.10. The first-order chi connectivity index (χ1) is 8.27. The summed E-state index contributed by atoms with van der Waals surface area (Å²) in [5.74, 6) is 0.741. The molecular formula is C12H17N3O2. The quantitative estimate of drug-likeness (QED) is 0.771. The summed E-state index contributed by atoms with van der Waals surface area (Å²) in [6.45, 7) is 1.67. The molecule has 0 bridgehead atoms. The van der Waals surface area contributed by atoms with Gasteiger partial charge in [-0.25, -0.2) is 0 Å². The average molecular weight is 235 g/mol. The van der Waals surface area contributed by atoms with Gasteiger partial charge in [-0.1, -0.05) is 12.1 Å². The first kappa shape index (κ1) is 11.7. The number of hydrogen-bond donors (Lipinski definition) is 2. The predicted molar refractivity (Wildman–Crippen MR) is 66.2 cm³/mol. The lowest BCUT2D eigenvalue weighted by Crippen LogP contribution is -2.58. The Morgan fingerprint density at radius 1 is 1.53 bits per heavy atom. The van der Waals surface area contributed by atoms with Crippen molar-refractivity contribution in [1.82, 2.24) is 5.32 Å². The second kappa shape index (κ2) is 5.05. The Balaban J connectivity index is 2.33. The van der Waals surface area contributed by atoms with E-state index in [1.165, 1.54) is 0 Å². The van der Waals surface area contributed by atoms with Gasteiger partial charge in [0.2, 0.25) is 5.91 Å². The molecule has 1 aromatic rings. The van der Waals surface area contributed by atoms with Crippen LogP contribution in [0.4, 0.5) is 5.69 Å².